The maximum Gasteiger partial charge on any atom is 0.119 e. The van der Waals surface area contributed by atoms with Gasteiger partial charge in [-0.25, -0.2) is 0 Å². The van der Waals surface area contributed by atoms with Crippen LogP contribution in [0.15, 0.2) is 54.6 Å². The van der Waals surface area contributed by atoms with Gasteiger partial charge in [-0.2, -0.15) is 5.10 Å². The number of benzene rings is 2. The first-order valence-corrected chi connectivity index (χ1v) is 11.6. The third-order valence-corrected chi connectivity index (χ3v) is 5.96. The minimum Gasteiger partial charge on any atom is -0.492 e. The highest BCUT2D eigenvalue weighted by molar-refractivity contribution is 5.73. The molecule has 1 saturated heterocycles. The third-order valence-electron chi connectivity index (χ3n) is 5.96. The Kier molecular flexibility index (Phi) is 6.80. The molecule has 0 bridgehead atoms. The predicted molar refractivity (Wildman–Crippen MR) is 135 cm³/mol. The first-order chi connectivity index (χ1) is 16.3. The van der Waals surface area contributed by atoms with Gasteiger partial charge in [-0.15, -0.1) is 0 Å². The van der Waals surface area contributed by atoms with Crippen molar-refractivity contribution >= 4 is 30.4 Å². The quantitative estimate of drug-likeness (QED) is 0.535. The van der Waals surface area contributed by atoms with E-state index in [2.05, 4.69) is 75.8 Å². The van der Waals surface area contributed by atoms with Crippen molar-refractivity contribution < 1.29 is 9.47 Å². The van der Waals surface area contributed by atoms with E-state index in [1.807, 2.05) is 24.3 Å². The summed E-state index contributed by atoms with van der Waals surface area (Å²) in [5.41, 5.74) is 6.88. The maximum absolute atomic E-state index is 5.96. The Morgan fingerprint density at radius 3 is 2.79 bits per heavy atom. The average Bonchev–Trinajstić information content (AvgIpc) is 3.51. The summed E-state index contributed by atoms with van der Waals surface area (Å²) in [6, 6.07) is 16.8. The van der Waals surface area contributed by atoms with Gasteiger partial charge in [-0.3, -0.25) is 10.00 Å². The number of aromatic nitrogens is 2. The fourth-order valence-corrected chi connectivity index (χ4v) is 4.10. The zero-order valence-electron chi connectivity index (χ0n) is 18.7. The minimum atomic E-state index is 0.683. The van der Waals surface area contributed by atoms with Gasteiger partial charge in [-0.1, -0.05) is 54.6 Å². The van der Waals surface area contributed by atoms with Crippen molar-refractivity contribution in [3.63, 3.8) is 0 Å². The molecule has 168 valence electrons. The number of H-pyrrole nitrogens is 1. The first-order valence-electron chi connectivity index (χ1n) is 11.6. The Morgan fingerprint density at radius 1 is 0.970 bits per heavy atom. The van der Waals surface area contributed by atoms with Crippen LogP contribution in [-0.4, -0.2) is 54.6 Å². The summed E-state index contributed by atoms with van der Waals surface area (Å²) in [6.07, 6.45) is 13.7. The summed E-state index contributed by atoms with van der Waals surface area (Å²) in [7, 11) is 0. The number of rotatable bonds is 8. The van der Waals surface area contributed by atoms with Gasteiger partial charge in [0, 0.05) is 19.6 Å². The van der Waals surface area contributed by atoms with E-state index >= 15 is 0 Å². The largest absolute Gasteiger partial charge is 0.492 e. The lowest BCUT2D eigenvalue weighted by molar-refractivity contribution is 0.0322. The lowest BCUT2D eigenvalue weighted by atomic mass is 10.1. The minimum absolute atomic E-state index is 0.683. The number of morpholine rings is 1. The fourth-order valence-electron chi connectivity index (χ4n) is 4.10. The molecule has 5 rings (SSSR count). The van der Waals surface area contributed by atoms with Crippen molar-refractivity contribution in [1.29, 1.82) is 0 Å². The Morgan fingerprint density at radius 2 is 1.85 bits per heavy atom. The van der Waals surface area contributed by atoms with Crippen molar-refractivity contribution in [3.8, 4) is 5.75 Å². The van der Waals surface area contributed by atoms with Gasteiger partial charge in [0.05, 0.1) is 24.6 Å². The molecule has 0 spiro atoms. The molecule has 1 fully saturated rings. The van der Waals surface area contributed by atoms with E-state index in [-0.39, 0.29) is 0 Å². The van der Waals surface area contributed by atoms with E-state index in [4.69, 9.17) is 9.47 Å². The molecular formula is C28H29N3O2. The van der Waals surface area contributed by atoms with Gasteiger partial charge < -0.3 is 9.47 Å². The number of nitrogens with one attached hydrogen (secondary N) is 1. The van der Waals surface area contributed by atoms with Crippen LogP contribution < -0.4 is 4.74 Å². The SMILES string of the molecule is C1=Cc2ccc(/C=C/c3cc(/C=C/c4cccc(OCCN5CCOCC5)c4)n[nH]3)cc2C1. The molecule has 0 unspecified atom stereocenters. The van der Waals surface area contributed by atoms with Crippen molar-refractivity contribution in [2.45, 2.75) is 6.42 Å². The Balaban J connectivity index is 1.15. The third kappa shape index (κ3) is 5.89. The molecule has 5 nitrogen and oxygen atoms in total. The summed E-state index contributed by atoms with van der Waals surface area (Å²) < 4.78 is 11.3. The molecule has 0 saturated carbocycles. The normalized spacial score (nSPS) is 16.1. The lowest BCUT2D eigenvalue weighted by Gasteiger charge is -2.26. The zero-order chi connectivity index (χ0) is 22.3. The number of aromatic amines is 1. The summed E-state index contributed by atoms with van der Waals surface area (Å²) in [5, 5.41) is 7.50. The number of hydrogen-bond acceptors (Lipinski definition) is 4. The fraction of sp³-hybridized carbons (Fsp3) is 0.250. The second-order valence-corrected chi connectivity index (χ2v) is 8.35. The molecule has 2 aliphatic rings. The summed E-state index contributed by atoms with van der Waals surface area (Å²) in [4.78, 5) is 2.37. The monoisotopic (exact) mass is 439 g/mol. The van der Waals surface area contributed by atoms with Gasteiger partial charge in [0.15, 0.2) is 0 Å². The van der Waals surface area contributed by atoms with Crippen LogP contribution in [0.1, 0.15) is 33.6 Å². The average molecular weight is 440 g/mol. The second-order valence-electron chi connectivity index (χ2n) is 8.35. The highest BCUT2D eigenvalue weighted by Crippen LogP contribution is 2.22. The Hall–Kier alpha value is -3.41. The van der Waals surface area contributed by atoms with Crippen molar-refractivity contribution in [3.05, 3.63) is 88.2 Å². The van der Waals surface area contributed by atoms with Crippen LogP contribution >= 0.6 is 0 Å². The van der Waals surface area contributed by atoms with Crippen LogP contribution in [0.2, 0.25) is 0 Å². The number of fused-ring (bicyclic) bond motifs is 1. The molecular weight excluding hydrogens is 410 g/mol. The van der Waals surface area contributed by atoms with E-state index in [1.54, 1.807) is 0 Å². The first kappa shape index (κ1) is 21.4. The number of hydrogen-bond donors (Lipinski definition) is 1. The summed E-state index contributed by atoms with van der Waals surface area (Å²) >= 11 is 0. The lowest BCUT2D eigenvalue weighted by Crippen LogP contribution is -2.38. The van der Waals surface area contributed by atoms with E-state index < -0.39 is 0 Å². The Bertz CT molecular complexity index is 1170. The smallest absolute Gasteiger partial charge is 0.119 e. The van der Waals surface area contributed by atoms with E-state index in [0.29, 0.717) is 6.61 Å². The van der Waals surface area contributed by atoms with Crippen LogP contribution in [0.25, 0.3) is 30.4 Å². The molecule has 3 aromatic rings. The van der Waals surface area contributed by atoms with Crippen molar-refractivity contribution in [2.75, 3.05) is 39.5 Å². The number of nitrogens with zero attached hydrogens (tertiary/aromatic N) is 2. The molecule has 0 amide bonds. The van der Waals surface area contributed by atoms with Gasteiger partial charge in [-0.05, 0) is 59.0 Å². The van der Waals surface area contributed by atoms with Gasteiger partial charge >= 0.3 is 0 Å². The molecule has 1 N–H and O–H groups in total. The van der Waals surface area contributed by atoms with Gasteiger partial charge in [0.25, 0.3) is 0 Å². The molecule has 33 heavy (non-hydrogen) atoms. The zero-order valence-corrected chi connectivity index (χ0v) is 18.7. The predicted octanol–water partition coefficient (Wildman–Crippen LogP) is 5.03. The summed E-state index contributed by atoms with van der Waals surface area (Å²) in [6.45, 7) is 5.21. The maximum atomic E-state index is 5.96. The highest BCUT2D eigenvalue weighted by Gasteiger charge is 2.09. The molecule has 2 heterocycles. The number of ether oxygens (including phenoxy) is 2. The van der Waals surface area contributed by atoms with E-state index in [1.165, 1.54) is 16.7 Å². The van der Waals surface area contributed by atoms with Crippen LogP contribution in [0.4, 0.5) is 0 Å². The van der Waals surface area contributed by atoms with Crippen LogP contribution in [0.5, 0.6) is 5.75 Å². The van der Waals surface area contributed by atoms with Crippen LogP contribution in [-0.2, 0) is 11.2 Å². The summed E-state index contributed by atoms with van der Waals surface area (Å²) in [5.74, 6) is 0.889. The van der Waals surface area contributed by atoms with E-state index in [0.717, 1.165) is 62.0 Å². The molecule has 0 atom stereocenters. The molecule has 0 radical (unpaired) electrons. The molecule has 1 aliphatic carbocycles. The Labute approximate surface area is 195 Å². The molecule has 2 aromatic carbocycles. The standard InChI is InChI=1S/C28H29N3O2/c1-3-22(20-28(6-1)33-18-15-31-13-16-32-17-14-31)8-11-26-21-27(30-29-26)12-9-23-7-10-24-4-2-5-25(24)19-23/h1-4,6-12,19-21H,5,13-18H2,(H,29,30)/b11-8+,12-9+. The van der Waals surface area contributed by atoms with E-state index in [9.17, 15) is 0 Å². The topological polar surface area (TPSA) is 50.4 Å². The van der Waals surface area contributed by atoms with Crippen molar-refractivity contribution in [2.24, 2.45) is 0 Å². The number of allylic oxidation sites excluding steroid dienone is 1. The van der Waals surface area contributed by atoms with Gasteiger partial charge in [0.1, 0.15) is 12.4 Å². The molecule has 1 aliphatic heterocycles. The molecule has 1 aromatic heterocycles. The van der Waals surface area contributed by atoms with Crippen LogP contribution in [0.3, 0.4) is 0 Å². The highest BCUT2D eigenvalue weighted by atomic mass is 16.5. The molecule has 5 heteroatoms. The second kappa shape index (κ2) is 10.5. The van der Waals surface area contributed by atoms with Crippen molar-refractivity contribution in [1.82, 2.24) is 15.1 Å². The van der Waals surface area contributed by atoms with Crippen LogP contribution in [0, 0.1) is 0 Å². The van der Waals surface area contributed by atoms with Gasteiger partial charge in [0.2, 0.25) is 0 Å².